The molecule has 31 heavy (non-hydrogen) atoms. The zero-order valence-electron chi connectivity index (χ0n) is 16.5. The minimum absolute atomic E-state index is 0.0463. The Balaban J connectivity index is 1.55. The number of ether oxygens (including phenoxy) is 1. The predicted molar refractivity (Wildman–Crippen MR) is 132 cm³/mol. The lowest BCUT2D eigenvalue weighted by Crippen LogP contribution is -2.48. The second-order valence-corrected chi connectivity index (χ2v) is 9.14. The summed E-state index contributed by atoms with van der Waals surface area (Å²) in [5, 5.41) is 3.66. The Kier molecular flexibility index (Phi) is 8.25. The van der Waals surface area contributed by atoms with Gasteiger partial charge in [-0.25, -0.2) is 0 Å². The first-order valence-corrected chi connectivity index (χ1v) is 11.8. The first-order valence-electron chi connectivity index (χ1n) is 9.41. The highest BCUT2D eigenvalue weighted by atomic mass is 79.9. The molecule has 2 aromatic carbocycles. The maximum absolute atomic E-state index is 12.4. The zero-order valence-corrected chi connectivity index (χ0v) is 20.4. The highest BCUT2D eigenvalue weighted by Crippen LogP contribution is 2.34. The summed E-state index contributed by atoms with van der Waals surface area (Å²) in [4.78, 5) is 25.2. The topological polar surface area (TPSA) is 79.5 Å². The lowest BCUT2D eigenvalue weighted by molar-refractivity contribution is 0.0938. The number of thiophene rings is 1. The zero-order chi connectivity index (χ0) is 22.4. The summed E-state index contributed by atoms with van der Waals surface area (Å²) in [7, 11) is 0. The van der Waals surface area contributed by atoms with Gasteiger partial charge in [0.2, 0.25) is 0 Å². The molecule has 3 N–H and O–H groups in total. The van der Waals surface area contributed by atoms with Crippen LogP contribution in [0.1, 0.15) is 39.8 Å². The predicted octanol–water partition coefficient (Wildman–Crippen LogP) is 5.45. The van der Waals surface area contributed by atoms with Crippen molar-refractivity contribution in [2.75, 3.05) is 6.61 Å². The van der Waals surface area contributed by atoms with Gasteiger partial charge in [0.1, 0.15) is 10.6 Å². The number of hydrogen-bond donors (Lipinski definition) is 3. The lowest BCUT2D eigenvalue weighted by atomic mass is 10.2. The maximum atomic E-state index is 12.4. The first-order chi connectivity index (χ1) is 14.9. The van der Waals surface area contributed by atoms with Crippen molar-refractivity contribution in [1.82, 2.24) is 16.2 Å². The molecule has 0 spiro atoms. The minimum Gasteiger partial charge on any atom is -0.492 e. The number of amides is 2. The molecule has 0 unspecified atom stereocenters. The van der Waals surface area contributed by atoms with Crippen LogP contribution in [0, 0.1) is 0 Å². The normalized spacial score (nSPS) is 10.5. The highest BCUT2D eigenvalue weighted by molar-refractivity contribution is 9.10. The molecular weight excluding hydrogens is 522 g/mol. The van der Waals surface area contributed by atoms with Crippen LogP contribution in [0.15, 0.2) is 46.9 Å². The number of nitrogens with one attached hydrogen (secondary N) is 3. The molecule has 3 rings (SSSR count). The summed E-state index contributed by atoms with van der Waals surface area (Å²) in [6.07, 6.45) is 1.99. The maximum Gasteiger partial charge on any atom is 0.281 e. The molecular formula is C21H19BrClN3O3S2. The molecule has 0 aliphatic heterocycles. The molecule has 3 aromatic rings. The SMILES string of the molecule is CCCCOc1ccc(C(=O)NC(=S)NNC(=O)c2sc3ccccc3c2Cl)cc1Br. The van der Waals surface area contributed by atoms with Crippen molar-refractivity contribution in [1.29, 1.82) is 0 Å². The number of fused-ring (bicyclic) bond motifs is 1. The fourth-order valence-corrected chi connectivity index (χ4v) is 4.67. The number of hydrogen-bond acceptors (Lipinski definition) is 5. The van der Waals surface area contributed by atoms with E-state index in [0.717, 1.165) is 22.9 Å². The molecule has 0 radical (unpaired) electrons. The van der Waals surface area contributed by atoms with Gasteiger partial charge in [-0.1, -0.05) is 43.1 Å². The van der Waals surface area contributed by atoms with Gasteiger partial charge in [0.15, 0.2) is 5.11 Å². The van der Waals surface area contributed by atoms with Gasteiger partial charge in [0.25, 0.3) is 11.8 Å². The summed E-state index contributed by atoms with van der Waals surface area (Å²) in [6, 6.07) is 12.5. The van der Waals surface area contributed by atoms with Crippen molar-refractivity contribution in [3.05, 3.63) is 62.4 Å². The van der Waals surface area contributed by atoms with Crippen molar-refractivity contribution in [2.24, 2.45) is 0 Å². The fraction of sp³-hybridized carbons (Fsp3) is 0.190. The average molecular weight is 541 g/mol. The van der Waals surface area contributed by atoms with E-state index in [1.165, 1.54) is 11.3 Å². The van der Waals surface area contributed by atoms with Crippen LogP contribution in [0.2, 0.25) is 5.02 Å². The number of thiocarbonyl (C=S) groups is 1. The monoisotopic (exact) mass is 539 g/mol. The third-order valence-electron chi connectivity index (χ3n) is 4.21. The molecule has 2 amide bonds. The van der Waals surface area contributed by atoms with Crippen LogP contribution in [0.5, 0.6) is 5.75 Å². The van der Waals surface area contributed by atoms with Crippen LogP contribution in [0.25, 0.3) is 10.1 Å². The van der Waals surface area contributed by atoms with Crippen molar-refractivity contribution in [3.8, 4) is 5.75 Å². The van der Waals surface area contributed by atoms with Gasteiger partial charge in [0.05, 0.1) is 16.1 Å². The van der Waals surface area contributed by atoms with Crippen LogP contribution in [0.3, 0.4) is 0 Å². The first kappa shape index (κ1) is 23.5. The van der Waals surface area contributed by atoms with Crippen LogP contribution in [-0.2, 0) is 0 Å². The Morgan fingerprint density at radius 2 is 1.94 bits per heavy atom. The van der Waals surface area contributed by atoms with E-state index in [0.29, 0.717) is 32.3 Å². The number of hydrazine groups is 1. The van der Waals surface area contributed by atoms with Crippen LogP contribution in [-0.4, -0.2) is 23.5 Å². The molecule has 0 atom stereocenters. The summed E-state index contributed by atoms with van der Waals surface area (Å²) >= 11 is 16.1. The molecule has 1 heterocycles. The van der Waals surface area contributed by atoms with E-state index in [1.54, 1.807) is 18.2 Å². The molecule has 0 saturated heterocycles. The van der Waals surface area contributed by atoms with Crippen molar-refractivity contribution >= 4 is 78.1 Å². The third-order valence-corrected chi connectivity index (χ3v) is 6.71. The quantitative estimate of drug-likeness (QED) is 0.220. The van der Waals surface area contributed by atoms with Crippen molar-refractivity contribution in [3.63, 3.8) is 0 Å². The van der Waals surface area contributed by atoms with Gasteiger partial charge in [-0.05, 0) is 58.8 Å². The lowest BCUT2D eigenvalue weighted by Gasteiger charge is -2.12. The van der Waals surface area contributed by atoms with E-state index < -0.39 is 11.8 Å². The standard InChI is InChI=1S/C21H19BrClN3O3S2/c1-2-3-10-29-15-9-8-12(11-14(15)22)19(27)24-21(30)26-25-20(28)18-17(23)13-6-4-5-7-16(13)31-18/h4-9,11H,2-3,10H2,1H3,(H,25,28)(H2,24,26,27,30). The molecule has 0 saturated carbocycles. The number of rotatable bonds is 6. The molecule has 0 aliphatic carbocycles. The Labute approximate surface area is 202 Å². The second kappa shape index (κ2) is 10.9. The van der Waals surface area contributed by atoms with Crippen molar-refractivity contribution < 1.29 is 14.3 Å². The van der Waals surface area contributed by atoms with E-state index in [1.807, 2.05) is 24.3 Å². The molecule has 0 fully saturated rings. The third kappa shape index (κ3) is 5.94. The van der Waals surface area contributed by atoms with Gasteiger partial charge in [-0.3, -0.25) is 25.8 Å². The van der Waals surface area contributed by atoms with Crippen LogP contribution < -0.4 is 20.9 Å². The van der Waals surface area contributed by atoms with Gasteiger partial charge in [-0.2, -0.15) is 0 Å². The Hall–Kier alpha value is -2.20. The number of halogens is 2. The summed E-state index contributed by atoms with van der Waals surface area (Å²) in [6.45, 7) is 2.69. The smallest absolute Gasteiger partial charge is 0.281 e. The molecule has 162 valence electrons. The fourth-order valence-electron chi connectivity index (χ4n) is 2.62. The van der Waals surface area contributed by atoms with E-state index in [4.69, 9.17) is 28.6 Å². The number of unbranched alkanes of at least 4 members (excludes halogenated alkanes) is 1. The Bertz CT molecular complexity index is 1140. The highest BCUT2D eigenvalue weighted by Gasteiger charge is 2.17. The van der Waals surface area contributed by atoms with Crippen LogP contribution >= 0.6 is 51.1 Å². The summed E-state index contributed by atoms with van der Waals surface area (Å²) in [5.74, 6) is -0.204. The molecule has 1 aromatic heterocycles. The van der Waals surface area contributed by atoms with E-state index in [-0.39, 0.29) is 5.11 Å². The molecule has 0 aliphatic rings. The van der Waals surface area contributed by atoms with Gasteiger partial charge in [0, 0.05) is 15.6 Å². The largest absolute Gasteiger partial charge is 0.492 e. The Morgan fingerprint density at radius 1 is 1.16 bits per heavy atom. The summed E-state index contributed by atoms with van der Waals surface area (Å²) in [5.41, 5.74) is 5.37. The van der Waals surface area contributed by atoms with Gasteiger partial charge < -0.3 is 4.74 Å². The van der Waals surface area contributed by atoms with Gasteiger partial charge >= 0.3 is 0 Å². The number of benzene rings is 2. The Morgan fingerprint density at radius 3 is 2.65 bits per heavy atom. The van der Waals surface area contributed by atoms with E-state index in [9.17, 15) is 9.59 Å². The van der Waals surface area contributed by atoms with Gasteiger partial charge in [-0.15, -0.1) is 11.3 Å². The van der Waals surface area contributed by atoms with Crippen molar-refractivity contribution in [2.45, 2.75) is 19.8 Å². The number of carbonyl (C=O) groups excluding carboxylic acids is 2. The minimum atomic E-state index is -0.445. The average Bonchev–Trinajstić information content (AvgIpc) is 3.10. The number of carbonyl (C=O) groups is 2. The summed E-state index contributed by atoms with van der Waals surface area (Å²) < 4.78 is 7.23. The van der Waals surface area contributed by atoms with Crippen LogP contribution in [0.4, 0.5) is 0 Å². The van der Waals surface area contributed by atoms with E-state index >= 15 is 0 Å². The molecule has 0 bridgehead atoms. The molecule has 10 heteroatoms. The molecule has 6 nitrogen and oxygen atoms in total. The second-order valence-electron chi connectivity index (χ2n) is 6.45. The van der Waals surface area contributed by atoms with E-state index in [2.05, 4.69) is 39.0 Å².